The minimum atomic E-state index is -0.0577. The molecule has 0 bridgehead atoms. The second-order valence-electron chi connectivity index (χ2n) is 7.01. The van der Waals surface area contributed by atoms with Gasteiger partial charge in [-0.3, -0.25) is 9.89 Å². The zero-order valence-corrected chi connectivity index (χ0v) is 17.5. The van der Waals surface area contributed by atoms with Gasteiger partial charge >= 0.3 is 0 Å². The Hall–Kier alpha value is -2.25. The highest BCUT2D eigenvalue weighted by molar-refractivity contribution is 7.99. The van der Waals surface area contributed by atoms with Gasteiger partial charge in [-0.25, -0.2) is 4.98 Å². The second kappa shape index (κ2) is 8.41. The fraction of sp³-hybridized carbons (Fsp3) is 0.286. The van der Waals surface area contributed by atoms with Crippen LogP contribution in [0.1, 0.15) is 35.7 Å². The molecule has 0 aliphatic heterocycles. The van der Waals surface area contributed by atoms with Crippen molar-refractivity contribution in [3.63, 3.8) is 0 Å². The minimum Gasteiger partial charge on any atom is -0.325 e. The van der Waals surface area contributed by atoms with E-state index in [1.807, 2.05) is 24.3 Å². The minimum absolute atomic E-state index is 0.0577. The van der Waals surface area contributed by atoms with Gasteiger partial charge in [0.1, 0.15) is 5.82 Å². The van der Waals surface area contributed by atoms with Crippen molar-refractivity contribution < 1.29 is 4.79 Å². The number of amides is 1. The number of aromatic nitrogens is 3. The molecule has 1 fully saturated rings. The summed E-state index contributed by atoms with van der Waals surface area (Å²) in [5, 5.41) is 10.7. The Morgan fingerprint density at radius 3 is 2.71 bits per heavy atom. The molecule has 144 valence electrons. The number of nitrogens with zero attached hydrogens (tertiary/aromatic N) is 2. The molecule has 1 aromatic heterocycles. The number of anilines is 1. The van der Waals surface area contributed by atoms with Crippen LogP contribution in [-0.4, -0.2) is 26.8 Å². The predicted molar refractivity (Wildman–Crippen MR) is 114 cm³/mol. The van der Waals surface area contributed by atoms with Crippen molar-refractivity contribution in [2.45, 2.75) is 47.6 Å². The number of carbonyl (C=O) groups is 1. The van der Waals surface area contributed by atoms with Crippen molar-refractivity contribution in [2.75, 3.05) is 11.1 Å². The number of thioether (sulfide) groups is 1. The summed E-state index contributed by atoms with van der Waals surface area (Å²) >= 11 is 3.09. The van der Waals surface area contributed by atoms with E-state index in [2.05, 4.69) is 52.5 Å². The van der Waals surface area contributed by atoms with E-state index >= 15 is 0 Å². The number of hydrogen-bond donors (Lipinski definition) is 2. The Morgan fingerprint density at radius 1 is 1.18 bits per heavy atom. The maximum Gasteiger partial charge on any atom is 0.234 e. The van der Waals surface area contributed by atoms with Crippen LogP contribution >= 0.6 is 23.5 Å². The highest BCUT2D eigenvalue weighted by atomic mass is 32.2. The normalized spacial score (nSPS) is 13.5. The van der Waals surface area contributed by atoms with Crippen LogP contribution in [0.15, 0.2) is 57.4 Å². The van der Waals surface area contributed by atoms with E-state index in [0.29, 0.717) is 16.8 Å². The first kappa shape index (κ1) is 19.1. The number of hydrogen-bond acceptors (Lipinski definition) is 5. The molecule has 3 aromatic rings. The van der Waals surface area contributed by atoms with Crippen LogP contribution in [0, 0.1) is 13.8 Å². The van der Waals surface area contributed by atoms with E-state index in [1.165, 1.54) is 40.6 Å². The molecule has 0 unspecified atom stereocenters. The quantitative estimate of drug-likeness (QED) is 0.525. The molecule has 7 heteroatoms. The summed E-state index contributed by atoms with van der Waals surface area (Å²) in [6.07, 6.45) is 2.36. The maximum atomic E-state index is 12.2. The summed E-state index contributed by atoms with van der Waals surface area (Å²) in [6, 6.07) is 14.4. The predicted octanol–water partition coefficient (Wildman–Crippen LogP) is 5.18. The van der Waals surface area contributed by atoms with Crippen LogP contribution in [-0.2, 0) is 4.79 Å². The van der Waals surface area contributed by atoms with Crippen molar-refractivity contribution in [3.05, 3.63) is 59.4 Å². The second-order valence-corrected chi connectivity index (χ2v) is 9.07. The molecule has 1 aliphatic rings. The topological polar surface area (TPSA) is 70.7 Å². The van der Waals surface area contributed by atoms with E-state index in [0.717, 1.165) is 16.4 Å². The van der Waals surface area contributed by atoms with Crippen molar-refractivity contribution in [3.8, 4) is 0 Å². The van der Waals surface area contributed by atoms with Crippen LogP contribution in [0.2, 0.25) is 0 Å². The molecule has 0 saturated heterocycles. The van der Waals surface area contributed by atoms with Gasteiger partial charge in [0.2, 0.25) is 11.1 Å². The van der Waals surface area contributed by atoms with Crippen LogP contribution in [0.3, 0.4) is 0 Å². The fourth-order valence-electron chi connectivity index (χ4n) is 2.74. The molecule has 4 rings (SSSR count). The lowest BCUT2D eigenvalue weighted by Gasteiger charge is -2.08. The summed E-state index contributed by atoms with van der Waals surface area (Å²) in [4.78, 5) is 19.0. The molecule has 28 heavy (non-hydrogen) atoms. The summed E-state index contributed by atoms with van der Waals surface area (Å²) in [5.74, 6) is 1.72. The van der Waals surface area contributed by atoms with Gasteiger partial charge in [-0.15, -0.1) is 5.10 Å². The first-order valence-electron chi connectivity index (χ1n) is 9.27. The largest absolute Gasteiger partial charge is 0.325 e. The number of aromatic amines is 1. The fourth-order valence-corrected chi connectivity index (χ4v) is 4.35. The third-order valence-electron chi connectivity index (χ3n) is 4.49. The molecule has 1 amide bonds. The highest BCUT2D eigenvalue weighted by Gasteiger charge is 2.27. The number of aryl methyl sites for hydroxylation is 2. The van der Waals surface area contributed by atoms with Crippen molar-refractivity contribution >= 4 is 35.1 Å². The Balaban J connectivity index is 1.29. The third kappa shape index (κ3) is 4.97. The number of nitrogens with one attached hydrogen (secondary N) is 2. The Labute approximate surface area is 173 Å². The molecule has 0 radical (unpaired) electrons. The van der Waals surface area contributed by atoms with E-state index in [4.69, 9.17) is 0 Å². The molecule has 1 heterocycles. The van der Waals surface area contributed by atoms with E-state index in [-0.39, 0.29) is 5.91 Å². The smallest absolute Gasteiger partial charge is 0.234 e. The van der Waals surface area contributed by atoms with Gasteiger partial charge in [0.05, 0.1) is 5.75 Å². The molecule has 0 atom stereocenters. The summed E-state index contributed by atoms with van der Waals surface area (Å²) < 4.78 is 0. The SMILES string of the molecule is Cc1ccc(C)c(Sc2ccc(NC(=O)CSc3n[nH]c(C4CC4)n3)cc2)c1. The van der Waals surface area contributed by atoms with Crippen LogP contribution in [0.5, 0.6) is 0 Å². The molecular formula is C21H22N4OS2. The zero-order chi connectivity index (χ0) is 19.5. The first-order valence-corrected chi connectivity index (χ1v) is 11.1. The van der Waals surface area contributed by atoms with E-state index in [9.17, 15) is 4.79 Å². The van der Waals surface area contributed by atoms with Gasteiger partial charge in [-0.2, -0.15) is 0 Å². The lowest BCUT2D eigenvalue weighted by atomic mass is 10.2. The first-order chi connectivity index (χ1) is 13.6. The molecule has 2 N–H and O–H groups in total. The monoisotopic (exact) mass is 410 g/mol. The molecule has 0 spiro atoms. The van der Waals surface area contributed by atoms with Crippen LogP contribution < -0.4 is 5.32 Å². The third-order valence-corrected chi connectivity index (χ3v) is 6.50. The molecule has 5 nitrogen and oxygen atoms in total. The lowest BCUT2D eigenvalue weighted by molar-refractivity contribution is -0.113. The van der Waals surface area contributed by atoms with Crippen LogP contribution in [0.4, 0.5) is 5.69 Å². The lowest BCUT2D eigenvalue weighted by Crippen LogP contribution is -2.14. The Morgan fingerprint density at radius 2 is 1.96 bits per heavy atom. The van der Waals surface area contributed by atoms with Gasteiger partial charge in [-0.05, 0) is 68.1 Å². The molecule has 2 aromatic carbocycles. The summed E-state index contributed by atoms with van der Waals surface area (Å²) in [7, 11) is 0. The number of H-pyrrole nitrogens is 1. The van der Waals surface area contributed by atoms with E-state index < -0.39 is 0 Å². The maximum absolute atomic E-state index is 12.2. The van der Waals surface area contributed by atoms with Gasteiger partial charge in [0, 0.05) is 21.4 Å². The zero-order valence-electron chi connectivity index (χ0n) is 15.9. The molecule has 1 saturated carbocycles. The summed E-state index contributed by atoms with van der Waals surface area (Å²) in [5.41, 5.74) is 3.32. The standard InChI is InChI=1S/C21H22N4OS2/c1-13-3-4-14(2)18(11-13)28-17-9-7-16(8-10-17)22-19(26)12-27-21-23-20(24-25-21)15-5-6-15/h3-4,7-11,15H,5-6,12H2,1-2H3,(H,22,26)(H,23,24,25). The number of rotatable bonds is 7. The van der Waals surface area contributed by atoms with Crippen molar-refractivity contribution in [1.82, 2.24) is 15.2 Å². The van der Waals surface area contributed by atoms with Crippen LogP contribution in [0.25, 0.3) is 0 Å². The van der Waals surface area contributed by atoms with Crippen molar-refractivity contribution in [2.24, 2.45) is 0 Å². The average Bonchev–Trinajstić information content (AvgIpc) is 3.43. The number of benzene rings is 2. The number of carbonyl (C=O) groups excluding carboxylic acids is 1. The Kier molecular flexibility index (Phi) is 5.73. The molecular weight excluding hydrogens is 388 g/mol. The van der Waals surface area contributed by atoms with E-state index in [1.54, 1.807) is 11.8 Å². The Bertz CT molecular complexity index is 980. The van der Waals surface area contributed by atoms with Gasteiger partial charge in [0.15, 0.2) is 0 Å². The van der Waals surface area contributed by atoms with Gasteiger partial charge in [0.25, 0.3) is 0 Å². The highest BCUT2D eigenvalue weighted by Crippen LogP contribution is 2.38. The summed E-state index contributed by atoms with van der Waals surface area (Å²) in [6.45, 7) is 4.22. The van der Waals surface area contributed by atoms with Crippen molar-refractivity contribution in [1.29, 1.82) is 0 Å². The van der Waals surface area contributed by atoms with Gasteiger partial charge < -0.3 is 5.32 Å². The average molecular weight is 411 g/mol. The molecule has 1 aliphatic carbocycles. The van der Waals surface area contributed by atoms with Gasteiger partial charge in [-0.1, -0.05) is 35.7 Å².